The summed E-state index contributed by atoms with van der Waals surface area (Å²) in [6, 6.07) is 10.1. The molecule has 0 amide bonds. The van der Waals surface area contributed by atoms with Crippen LogP contribution in [-0.2, 0) is 6.42 Å². The molecule has 0 bridgehead atoms. The molecule has 0 aromatic heterocycles. The Bertz CT molecular complexity index is 363. The molecule has 1 aliphatic heterocycles. The van der Waals surface area contributed by atoms with Gasteiger partial charge in [-0.15, -0.1) is 0 Å². The van der Waals surface area contributed by atoms with Crippen LogP contribution in [0.4, 0.5) is 5.69 Å². The van der Waals surface area contributed by atoms with Crippen LogP contribution in [0.5, 0.6) is 0 Å². The van der Waals surface area contributed by atoms with Crippen LogP contribution >= 0.6 is 0 Å². The fourth-order valence-corrected chi connectivity index (χ4v) is 2.98. The van der Waals surface area contributed by atoms with Crippen LogP contribution in [-0.4, -0.2) is 18.6 Å². The van der Waals surface area contributed by atoms with E-state index in [9.17, 15) is 0 Å². The van der Waals surface area contributed by atoms with Gasteiger partial charge in [-0.25, -0.2) is 0 Å². The average molecular weight is 230 g/mol. The Kier molecular flexibility index (Phi) is 3.06. The molecule has 3 unspecified atom stereocenters. The number of para-hydroxylation sites is 1. The zero-order valence-corrected chi connectivity index (χ0v) is 10.6. The highest BCUT2D eigenvalue weighted by Gasteiger charge is 2.36. The molecule has 2 aliphatic rings. The molecule has 1 fully saturated rings. The number of hydrogen-bond acceptors (Lipinski definition) is 2. The maximum Gasteiger partial charge on any atom is 0.0427 e. The molecule has 1 aromatic carbocycles. The zero-order chi connectivity index (χ0) is 11.7. The summed E-state index contributed by atoms with van der Waals surface area (Å²) in [4.78, 5) is 0. The van der Waals surface area contributed by atoms with Gasteiger partial charge in [0.15, 0.2) is 0 Å². The maximum absolute atomic E-state index is 3.71. The normalized spacial score (nSPS) is 29.8. The van der Waals surface area contributed by atoms with E-state index in [1.807, 2.05) is 0 Å². The lowest BCUT2D eigenvalue weighted by Gasteiger charge is -2.12. The fourth-order valence-electron chi connectivity index (χ4n) is 2.98. The van der Waals surface area contributed by atoms with E-state index in [1.54, 1.807) is 0 Å². The third-order valence-corrected chi connectivity index (χ3v) is 4.05. The van der Waals surface area contributed by atoms with Crippen molar-refractivity contribution in [1.82, 2.24) is 5.32 Å². The van der Waals surface area contributed by atoms with Crippen molar-refractivity contribution in [1.29, 1.82) is 0 Å². The molecule has 1 heterocycles. The minimum Gasteiger partial charge on any atom is -0.380 e. The first-order valence-corrected chi connectivity index (χ1v) is 6.94. The Balaban J connectivity index is 1.44. The summed E-state index contributed by atoms with van der Waals surface area (Å²) in [7, 11) is 0. The molecule has 1 aromatic rings. The fraction of sp³-hybridized carbons (Fsp3) is 0.600. The molecular formula is C15H22N2. The third kappa shape index (κ3) is 2.47. The summed E-state index contributed by atoms with van der Waals surface area (Å²) < 4.78 is 0. The Morgan fingerprint density at radius 3 is 3.06 bits per heavy atom. The Morgan fingerprint density at radius 2 is 2.24 bits per heavy atom. The van der Waals surface area contributed by atoms with Crippen molar-refractivity contribution in [3.8, 4) is 0 Å². The van der Waals surface area contributed by atoms with E-state index in [-0.39, 0.29) is 0 Å². The lowest BCUT2D eigenvalue weighted by atomic mass is 10.1. The van der Waals surface area contributed by atoms with E-state index >= 15 is 0 Å². The second-order valence-corrected chi connectivity index (χ2v) is 5.50. The molecule has 0 radical (unpaired) electrons. The Hall–Kier alpha value is -1.02. The average Bonchev–Trinajstić information content (AvgIpc) is 2.94. The lowest BCUT2D eigenvalue weighted by molar-refractivity contribution is 0.566. The lowest BCUT2D eigenvalue weighted by Crippen LogP contribution is -2.33. The zero-order valence-electron chi connectivity index (χ0n) is 10.6. The van der Waals surface area contributed by atoms with Gasteiger partial charge >= 0.3 is 0 Å². The smallest absolute Gasteiger partial charge is 0.0427 e. The molecule has 2 nitrogen and oxygen atoms in total. The Labute approximate surface area is 104 Å². The topological polar surface area (TPSA) is 24.1 Å². The minimum atomic E-state index is 0.593. The summed E-state index contributed by atoms with van der Waals surface area (Å²) in [6.45, 7) is 3.39. The van der Waals surface area contributed by atoms with Crippen LogP contribution < -0.4 is 10.6 Å². The standard InChI is InChI=1S/C15H22N2/c1-2-5-11-9-15(11)16-10-13-8-12-6-3-4-7-14(12)17-13/h3-4,6-7,11,13,15-17H,2,5,8-10H2,1H3. The van der Waals surface area contributed by atoms with E-state index in [0.29, 0.717) is 6.04 Å². The maximum atomic E-state index is 3.71. The predicted octanol–water partition coefficient (Wildman–Crippen LogP) is 2.80. The summed E-state index contributed by atoms with van der Waals surface area (Å²) in [6.07, 6.45) is 5.30. The monoisotopic (exact) mass is 230 g/mol. The largest absolute Gasteiger partial charge is 0.380 e. The summed E-state index contributed by atoms with van der Waals surface area (Å²) >= 11 is 0. The molecule has 2 N–H and O–H groups in total. The van der Waals surface area contributed by atoms with Crippen LogP contribution in [0, 0.1) is 5.92 Å². The second-order valence-electron chi connectivity index (χ2n) is 5.50. The van der Waals surface area contributed by atoms with Gasteiger partial charge in [0.1, 0.15) is 0 Å². The highest BCUT2D eigenvalue weighted by atomic mass is 15.0. The Morgan fingerprint density at radius 1 is 1.35 bits per heavy atom. The quantitative estimate of drug-likeness (QED) is 0.813. The molecule has 3 rings (SSSR count). The van der Waals surface area contributed by atoms with Gasteiger partial charge < -0.3 is 10.6 Å². The van der Waals surface area contributed by atoms with Crippen LogP contribution in [0.25, 0.3) is 0 Å². The highest BCUT2D eigenvalue weighted by molar-refractivity contribution is 5.56. The van der Waals surface area contributed by atoms with E-state index in [2.05, 4.69) is 41.8 Å². The highest BCUT2D eigenvalue weighted by Crippen LogP contribution is 2.34. The molecule has 0 spiro atoms. The van der Waals surface area contributed by atoms with Crippen molar-refractivity contribution in [2.45, 2.75) is 44.7 Å². The summed E-state index contributed by atoms with van der Waals surface area (Å²) in [5, 5.41) is 7.31. The number of nitrogens with one attached hydrogen (secondary N) is 2. The van der Waals surface area contributed by atoms with Gasteiger partial charge in [0.05, 0.1) is 0 Å². The molecule has 17 heavy (non-hydrogen) atoms. The van der Waals surface area contributed by atoms with E-state index < -0.39 is 0 Å². The predicted molar refractivity (Wildman–Crippen MR) is 72.4 cm³/mol. The number of rotatable bonds is 5. The number of hydrogen-bond donors (Lipinski definition) is 2. The molecule has 1 saturated carbocycles. The van der Waals surface area contributed by atoms with Crippen LogP contribution in [0.1, 0.15) is 31.7 Å². The number of anilines is 1. The van der Waals surface area contributed by atoms with Crippen molar-refractivity contribution in [2.75, 3.05) is 11.9 Å². The van der Waals surface area contributed by atoms with Gasteiger partial charge in [0.2, 0.25) is 0 Å². The molecule has 92 valence electrons. The van der Waals surface area contributed by atoms with Gasteiger partial charge in [-0.05, 0) is 36.8 Å². The van der Waals surface area contributed by atoms with Crippen molar-refractivity contribution in [3.05, 3.63) is 29.8 Å². The van der Waals surface area contributed by atoms with Gasteiger partial charge in [-0.2, -0.15) is 0 Å². The van der Waals surface area contributed by atoms with Crippen molar-refractivity contribution in [3.63, 3.8) is 0 Å². The van der Waals surface area contributed by atoms with Crippen LogP contribution in [0.2, 0.25) is 0 Å². The van der Waals surface area contributed by atoms with Gasteiger partial charge in [0, 0.05) is 24.3 Å². The van der Waals surface area contributed by atoms with Crippen molar-refractivity contribution in [2.24, 2.45) is 5.92 Å². The summed E-state index contributed by atoms with van der Waals surface area (Å²) in [5.74, 6) is 0.962. The van der Waals surface area contributed by atoms with Crippen LogP contribution in [0.3, 0.4) is 0 Å². The van der Waals surface area contributed by atoms with E-state index in [1.165, 1.54) is 36.9 Å². The van der Waals surface area contributed by atoms with Gasteiger partial charge in [-0.3, -0.25) is 0 Å². The van der Waals surface area contributed by atoms with Gasteiger partial charge in [0.25, 0.3) is 0 Å². The first kappa shape index (κ1) is 11.1. The molecule has 0 saturated heterocycles. The number of fused-ring (bicyclic) bond motifs is 1. The third-order valence-electron chi connectivity index (χ3n) is 4.05. The van der Waals surface area contributed by atoms with E-state index in [0.717, 1.165) is 18.5 Å². The molecule has 1 aliphatic carbocycles. The minimum absolute atomic E-state index is 0.593. The van der Waals surface area contributed by atoms with Crippen LogP contribution in [0.15, 0.2) is 24.3 Å². The number of benzene rings is 1. The van der Waals surface area contributed by atoms with Crippen molar-refractivity contribution < 1.29 is 0 Å². The molecular weight excluding hydrogens is 208 g/mol. The SMILES string of the molecule is CCCC1CC1NCC1Cc2ccccc2N1. The van der Waals surface area contributed by atoms with E-state index in [4.69, 9.17) is 0 Å². The first-order valence-electron chi connectivity index (χ1n) is 6.94. The van der Waals surface area contributed by atoms with Gasteiger partial charge in [-0.1, -0.05) is 31.5 Å². The molecule has 3 atom stereocenters. The summed E-state index contributed by atoms with van der Waals surface area (Å²) in [5.41, 5.74) is 2.81. The molecule has 2 heteroatoms. The second kappa shape index (κ2) is 4.69. The van der Waals surface area contributed by atoms with Crippen molar-refractivity contribution >= 4 is 5.69 Å². The first-order chi connectivity index (χ1) is 8.36.